The Hall–Kier alpha value is -1.25. The van der Waals surface area contributed by atoms with Crippen LogP contribution in [0.25, 0.3) is 0 Å². The Kier molecular flexibility index (Phi) is 5.27. The van der Waals surface area contributed by atoms with Gasteiger partial charge in [-0.3, -0.25) is 4.79 Å². The number of rotatable bonds is 4. The van der Waals surface area contributed by atoms with Gasteiger partial charge in [0.25, 0.3) is 0 Å². The second kappa shape index (κ2) is 6.96. The maximum Gasteiger partial charge on any atom is 0.225 e. The van der Waals surface area contributed by atoms with E-state index in [-0.39, 0.29) is 12.3 Å². The number of likely N-dealkylation sites (tertiary alicyclic amines) is 1. The summed E-state index contributed by atoms with van der Waals surface area (Å²) in [4.78, 5) is 13.9. The minimum absolute atomic E-state index is 0.0366. The first-order valence-electron chi connectivity index (χ1n) is 6.49. The first-order chi connectivity index (χ1) is 9.60. The van der Waals surface area contributed by atoms with Crippen molar-refractivity contribution in [2.75, 3.05) is 18.4 Å². The van der Waals surface area contributed by atoms with Gasteiger partial charge in [-0.15, -0.1) is 0 Å². The molecule has 1 heterocycles. The number of benzene rings is 1. The average molecular weight is 357 g/mol. The molecule has 1 atom stereocenters. The predicted octanol–water partition coefficient (Wildman–Crippen LogP) is 3.42. The third-order valence-electron chi connectivity index (χ3n) is 3.25. The number of halogens is 2. The number of nitrogens with one attached hydrogen (secondary N) is 1. The molecule has 0 aliphatic carbocycles. The lowest BCUT2D eigenvalue weighted by Crippen LogP contribution is -2.32. The van der Waals surface area contributed by atoms with E-state index in [0.29, 0.717) is 5.02 Å². The Bertz CT molecular complexity index is 538. The van der Waals surface area contributed by atoms with E-state index in [4.69, 9.17) is 11.6 Å². The minimum Gasteiger partial charge on any atom is -0.369 e. The number of hydrogen-bond donors (Lipinski definition) is 1. The van der Waals surface area contributed by atoms with Gasteiger partial charge in [-0.05, 0) is 47.0 Å². The molecule has 0 spiro atoms. The molecule has 1 unspecified atom stereocenters. The van der Waals surface area contributed by atoms with Gasteiger partial charge in [0.1, 0.15) is 6.04 Å². The number of anilines is 1. The van der Waals surface area contributed by atoms with Crippen molar-refractivity contribution in [2.24, 2.45) is 0 Å². The van der Waals surface area contributed by atoms with Gasteiger partial charge in [0.2, 0.25) is 5.91 Å². The zero-order valence-corrected chi connectivity index (χ0v) is 13.2. The average Bonchev–Trinajstić information content (AvgIpc) is 2.96. The summed E-state index contributed by atoms with van der Waals surface area (Å²) in [7, 11) is 0. The van der Waals surface area contributed by atoms with Crippen molar-refractivity contribution in [3.8, 4) is 6.07 Å². The molecule has 1 saturated heterocycles. The number of carbonyl (C=O) groups excluding carboxylic acids is 1. The molecule has 4 nitrogen and oxygen atoms in total. The van der Waals surface area contributed by atoms with E-state index in [1.807, 2.05) is 4.90 Å². The highest BCUT2D eigenvalue weighted by Crippen LogP contribution is 2.26. The molecule has 1 aliphatic rings. The third-order valence-corrected chi connectivity index (χ3v) is 4.47. The normalized spacial score (nSPS) is 15.8. The van der Waals surface area contributed by atoms with E-state index in [1.54, 1.807) is 18.2 Å². The topological polar surface area (TPSA) is 56.1 Å². The third kappa shape index (κ3) is 3.87. The molecule has 1 N–H and O–H groups in total. The highest BCUT2D eigenvalue weighted by molar-refractivity contribution is 9.10. The lowest BCUT2D eigenvalue weighted by atomic mass is 10.2. The van der Waals surface area contributed by atoms with Gasteiger partial charge >= 0.3 is 0 Å². The summed E-state index contributed by atoms with van der Waals surface area (Å²) in [6.45, 7) is 1.62. The molecule has 1 aromatic carbocycles. The van der Waals surface area contributed by atoms with Crippen molar-refractivity contribution >= 4 is 39.1 Å². The van der Waals surface area contributed by atoms with Gasteiger partial charge in [-0.25, -0.2) is 0 Å². The van der Waals surface area contributed by atoms with Crippen LogP contribution < -0.4 is 5.32 Å². The highest BCUT2D eigenvalue weighted by Gasteiger charge is 2.21. The zero-order chi connectivity index (χ0) is 14.5. The molecule has 2 rings (SSSR count). The number of carbonyl (C=O) groups is 1. The fourth-order valence-corrected chi connectivity index (χ4v) is 2.68. The van der Waals surface area contributed by atoms with E-state index in [9.17, 15) is 10.1 Å². The molecule has 0 radical (unpaired) electrons. The van der Waals surface area contributed by atoms with Gasteiger partial charge in [0, 0.05) is 23.2 Å². The fraction of sp³-hybridized carbons (Fsp3) is 0.429. The fourth-order valence-electron chi connectivity index (χ4n) is 2.19. The Morgan fingerprint density at radius 1 is 1.50 bits per heavy atom. The summed E-state index contributed by atoms with van der Waals surface area (Å²) < 4.78 is 0.756. The van der Waals surface area contributed by atoms with Crippen molar-refractivity contribution in [3.63, 3.8) is 0 Å². The van der Waals surface area contributed by atoms with Gasteiger partial charge < -0.3 is 10.2 Å². The Balaban J connectivity index is 1.96. The van der Waals surface area contributed by atoms with Gasteiger partial charge in [-0.1, -0.05) is 11.6 Å². The summed E-state index contributed by atoms with van der Waals surface area (Å²) in [5.74, 6) is 0.0366. The summed E-state index contributed by atoms with van der Waals surface area (Å²) in [6.07, 6.45) is 2.30. The van der Waals surface area contributed by atoms with Crippen LogP contribution in [-0.4, -0.2) is 29.9 Å². The lowest BCUT2D eigenvalue weighted by molar-refractivity contribution is -0.130. The number of hydrogen-bond acceptors (Lipinski definition) is 3. The van der Waals surface area contributed by atoms with Crippen molar-refractivity contribution in [1.29, 1.82) is 5.26 Å². The molecule has 20 heavy (non-hydrogen) atoms. The number of nitrogens with zero attached hydrogens (tertiary/aromatic N) is 2. The van der Waals surface area contributed by atoms with Crippen LogP contribution in [0.3, 0.4) is 0 Å². The van der Waals surface area contributed by atoms with Crippen molar-refractivity contribution in [1.82, 2.24) is 4.90 Å². The Morgan fingerprint density at radius 2 is 2.20 bits per heavy atom. The predicted molar refractivity (Wildman–Crippen MR) is 82.6 cm³/mol. The Labute approximate surface area is 131 Å². The highest BCUT2D eigenvalue weighted by atomic mass is 79.9. The van der Waals surface area contributed by atoms with Gasteiger partial charge in [-0.2, -0.15) is 5.26 Å². The maximum absolute atomic E-state index is 12.0. The standard InChI is InChI=1S/C14H15BrClN3O/c15-12-7-10(3-4-13(12)16)18-11(9-17)8-14(20)19-5-1-2-6-19/h3-4,7,11,18H,1-2,5-6,8H2. The van der Waals surface area contributed by atoms with Crippen LogP contribution >= 0.6 is 27.5 Å². The van der Waals surface area contributed by atoms with Crippen molar-refractivity contribution in [2.45, 2.75) is 25.3 Å². The molecule has 6 heteroatoms. The summed E-state index contributed by atoms with van der Waals surface area (Å²) in [6, 6.07) is 6.93. The minimum atomic E-state index is -0.531. The van der Waals surface area contributed by atoms with Crippen LogP contribution in [0.5, 0.6) is 0 Å². The van der Waals surface area contributed by atoms with E-state index >= 15 is 0 Å². The van der Waals surface area contributed by atoms with E-state index in [1.165, 1.54) is 0 Å². The van der Waals surface area contributed by atoms with Crippen LogP contribution in [-0.2, 0) is 4.79 Å². The lowest BCUT2D eigenvalue weighted by Gasteiger charge is -2.18. The molecular weight excluding hydrogens is 342 g/mol. The molecule has 106 valence electrons. The van der Waals surface area contributed by atoms with E-state index in [2.05, 4.69) is 27.3 Å². The van der Waals surface area contributed by atoms with Crippen LogP contribution in [0.15, 0.2) is 22.7 Å². The summed E-state index contributed by atoms with van der Waals surface area (Å²) >= 11 is 9.25. The van der Waals surface area contributed by atoms with Crippen LogP contribution in [0, 0.1) is 11.3 Å². The monoisotopic (exact) mass is 355 g/mol. The first kappa shape index (κ1) is 15.1. The van der Waals surface area contributed by atoms with E-state index in [0.717, 1.165) is 36.1 Å². The first-order valence-corrected chi connectivity index (χ1v) is 7.66. The summed E-state index contributed by atoms with van der Waals surface area (Å²) in [5, 5.41) is 12.8. The number of nitriles is 1. The molecular formula is C14H15BrClN3O. The SMILES string of the molecule is N#CC(CC(=O)N1CCCC1)Nc1ccc(Cl)c(Br)c1. The van der Waals surface area contributed by atoms with Crippen molar-refractivity contribution < 1.29 is 4.79 Å². The molecule has 0 aromatic heterocycles. The largest absolute Gasteiger partial charge is 0.369 e. The van der Waals surface area contributed by atoms with Crippen LogP contribution in [0.4, 0.5) is 5.69 Å². The quantitative estimate of drug-likeness (QED) is 0.899. The molecule has 1 fully saturated rings. The van der Waals surface area contributed by atoms with Crippen LogP contribution in [0.1, 0.15) is 19.3 Å². The second-order valence-corrected chi connectivity index (χ2v) is 6.01. The molecule has 0 saturated carbocycles. The summed E-state index contributed by atoms with van der Waals surface area (Å²) in [5.41, 5.74) is 0.766. The zero-order valence-electron chi connectivity index (χ0n) is 10.9. The second-order valence-electron chi connectivity index (χ2n) is 4.75. The van der Waals surface area contributed by atoms with Crippen LogP contribution in [0.2, 0.25) is 5.02 Å². The maximum atomic E-state index is 12.0. The van der Waals surface area contributed by atoms with E-state index < -0.39 is 6.04 Å². The molecule has 1 aliphatic heterocycles. The Morgan fingerprint density at radius 3 is 2.80 bits per heavy atom. The molecule has 1 aromatic rings. The molecule has 0 bridgehead atoms. The molecule has 1 amide bonds. The smallest absolute Gasteiger partial charge is 0.225 e. The number of amides is 1. The van der Waals surface area contributed by atoms with Gasteiger partial charge in [0.05, 0.1) is 17.5 Å². The van der Waals surface area contributed by atoms with Crippen molar-refractivity contribution in [3.05, 3.63) is 27.7 Å². The van der Waals surface area contributed by atoms with Gasteiger partial charge in [0.15, 0.2) is 0 Å².